The number of methoxy groups -OCH3 is 1. The second-order valence-corrected chi connectivity index (χ2v) is 3.13. The SMILES string of the molecule is COc1cc2c(c(C(C)O)c1)OCO2. The number of hydrogen-bond donors (Lipinski definition) is 1. The smallest absolute Gasteiger partial charge is 0.231 e. The molecule has 1 atom stereocenters. The fourth-order valence-electron chi connectivity index (χ4n) is 1.44. The van der Waals surface area contributed by atoms with Crippen LogP contribution in [-0.4, -0.2) is 19.0 Å². The molecule has 1 unspecified atom stereocenters. The molecule has 1 aromatic rings. The van der Waals surface area contributed by atoms with E-state index in [1.54, 1.807) is 26.2 Å². The van der Waals surface area contributed by atoms with Crippen LogP contribution in [0.25, 0.3) is 0 Å². The molecule has 0 bridgehead atoms. The number of rotatable bonds is 2. The predicted molar refractivity (Wildman–Crippen MR) is 49.8 cm³/mol. The van der Waals surface area contributed by atoms with Crippen LogP contribution in [0, 0.1) is 0 Å². The molecule has 1 heterocycles. The highest BCUT2D eigenvalue weighted by molar-refractivity contribution is 5.53. The van der Waals surface area contributed by atoms with E-state index in [4.69, 9.17) is 14.2 Å². The van der Waals surface area contributed by atoms with E-state index in [1.165, 1.54) is 0 Å². The maximum atomic E-state index is 9.52. The largest absolute Gasteiger partial charge is 0.497 e. The lowest BCUT2D eigenvalue weighted by atomic mass is 10.1. The Bertz CT molecular complexity index is 346. The second kappa shape index (κ2) is 3.38. The van der Waals surface area contributed by atoms with Crippen LogP contribution in [0.15, 0.2) is 12.1 Å². The van der Waals surface area contributed by atoms with Crippen LogP contribution in [0.4, 0.5) is 0 Å². The molecule has 1 aromatic carbocycles. The van der Waals surface area contributed by atoms with E-state index in [2.05, 4.69) is 0 Å². The minimum Gasteiger partial charge on any atom is -0.497 e. The van der Waals surface area contributed by atoms with E-state index in [-0.39, 0.29) is 6.79 Å². The number of benzene rings is 1. The average Bonchev–Trinajstić information content (AvgIpc) is 2.63. The van der Waals surface area contributed by atoms with Crippen molar-refractivity contribution in [3.8, 4) is 17.2 Å². The molecule has 0 radical (unpaired) electrons. The van der Waals surface area contributed by atoms with Crippen molar-refractivity contribution in [3.05, 3.63) is 17.7 Å². The Kier molecular flexibility index (Phi) is 2.21. The highest BCUT2D eigenvalue weighted by atomic mass is 16.7. The zero-order valence-electron chi connectivity index (χ0n) is 8.11. The van der Waals surface area contributed by atoms with Gasteiger partial charge in [-0.3, -0.25) is 0 Å². The predicted octanol–water partition coefficient (Wildman–Crippen LogP) is 1.48. The fraction of sp³-hybridized carbons (Fsp3) is 0.400. The lowest BCUT2D eigenvalue weighted by Crippen LogP contribution is -1.97. The van der Waals surface area contributed by atoms with Crippen LogP contribution >= 0.6 is 0 Å². The first-order valence-corrected chi connectivity index (χ1v) is 4.38. The van der Waals surface area contributed by atoms with Gasteiger partial charge in [-0.15, -0.1) is 0 Å². The zero-order chi connectivity index (χ0) is 10.1. The first-order chi connectivity index (χ1) is 6.72. The number of aliphatic hydroxyl groups is 1. The summed E-state index contributed by atoms with van der Waals surface area (Å²) >= 11 is 0. The molecule has 2 rings (SSSR count). The van der Waals surface area contributed by atoms with Gasteiger partial charge in [0, 0.05) is 11.6 Å². The summed E-state index contributed by atoms with van der Waals surface area (Å²) in [6.07, 6.45) is -0.597. The number of ether oxygens (including phenoxy) is 3. The third-order valence-electron chi connectivity index (χ3n) is 2.16. The molecule has 4 heteroatoms. The van der Waals surface area contributed by atoms with Gasteiger partial charge in [0.2, 0.25) is 6.79 Å². The van der Waals surface area contributed by atoms with Crippen molar-refractivity contribution in [2.75, 3.05) is 13.9 Å². The molecule has 0 saturated heterocycles. The number of hydrogen-bond acceptors (Lipinski definition) is 4. The van der Waals surface area contributed by atoms with Crippen LogP contribution < -0.4 is 14.2 Å². The van der Waals surface area contributed by atoms with Crippen molar-refractivity contribution in [2.45, 2.75) is 13.0 Å². The third kappa shape index (κ3) is 1.37. The van der Waals surface area contributed by atoms with Crippen molar-refractivity contribution in [1.82, 2.24) is 0 Å². The van der Waals surface area contributed by atoms with E-state index in [9.17, 15) is 5.11 Å². The molecule has 1 aliphatic rings. The molecule has 14 heavy (non-hydrogen) atoms. The van der Waals surface area contributed by atoms with Crippen molar-refractivity contribution in [2.24, 2.45) is 0 Å². The fourth-order valence-corrected chi connectivity index (χ4v) is 1.44. The molecule has 1 aliphatic heterocycles. The van der Waals surface area contributed by atoms with Gasteiger partial charge in [0.15, 0.2) is 11.5 Å². The van der Waals surface area contributed by atoms with Gasteiger partial charge in [0.1, 0.15) is 5.75 Å². The van der Waals surface area contributed by atoms with Crippen molar-refractivity contribution in [1.29, 1.82) is 0 Å². The molecule has 0 saturated carbocycles. The summed E-state index contributed by atoms with van der Waals surface area (Å²) in [7, 11) is 1.57. The Labute approximate surface area is 82.0 Å². The Balaban J connectivity index is 2.52. The van der Waals surface area contributed by atoms with Gasteiger partial charge in [-0.25, -0.2) is 0 Å². The Morgan fingerprint density at radius 3 is 2.86 bits per heavy atom. The summed E-state index contributed by atoms with van der Waals surface area (Å²) in [5.74, 6) is 1.89. The summed E-state index contributed by atoms with van der Waals surface area (Å²) in [5, 5.41) is 9.52. The van der Waals surface area contributed by atoms with E-state index in [0.717, 1.165) is 0 Å². The lowest BCUT2D eigenvalue weighted by molar-refractivity contribution is 0.164. The quantitative estimate of drug-likeness (QED) is 0.778. The van der Waals surface area contributed by atoms with Crippen molar-refractivity contribution >= 4 is 0 Å². The van der Waals surface area contributed by atoms with Crippen molar-refractivity contribution < 1.29 is 19.3 Å². The average molecular weight is 196 g/mol. The summed E-state index contributed by atoms with van der Waals surface area (Å²) in [4.78, 5) is 0. The Hall–Kier alpha value is -1.42. The maximum absolute atomic E-state index is 9.52. The Morgan fingerprint density at radius 1 is 1.43 bits per heavy atom. The van der Waals surface area contributed by atoms with Gasteiger partial charge in [0.25, 0.3) is 0 Å². The van der Waals surface area contributed by atoms with Gasteiger partial charge >= 0.3 is 0 Å². The van der Waals surface area contributed by atoms with Crippen molar-refractivity contribution in [3.63, 3.8) is 0 Å². The first-order valence-electron chi connectivity index (χ1n) is 4.38. The summed E-state index contributed by atoms with van der Waals surface area (Å²) in [6, 6.07) is 3.49. The molecule has 0 aromatic heterocycles. The Morgan fingerprint density at radius 2 is 2.21 bits per heavy atom. The molecule has 4 nitrogen and oxygen atoms in total. The summed E-state index contributed by atoms with van der Waals surface area (Å²) < 4.78 is 15.6. The van der Waals surface area contributed by atoms with E-state index in [1.807, 2.05) is 0 Å². The van der Waals surface area contributed by atoms with E-state index < -0.39 is 6.10 Å². The van der Waals surface area contributed by atoms with Crippen LogP contribution in [0.1, 0.15) is 18.6 Å². The highest BCUT2D eigenvalue weighted by Crippen LogP contribution is 2.41. The maximum Gasteiger partial charge on any atom is 0.231 e. The van der Waals surface area contributed by atoms with Gasteiger partial charge in [-0.05, 0) is 13.0 Å². The topological polar surface area (TPSA) is 47.9 Å². The second-order valence-electron chi connectivity index (χ2n) is 3.13. The zero-order valence-corrected chi connectivity index (χ0v) is 8.11. The van der Waals surface area contributed by atoms with E-state index in [0.29, 0.717) is 22.8 Å². The molecule has 76 valence electrons. The number of fused-ring (bicyclic) bond motifs is 1. The van der Waals surface area contributed by atoms with Crippen LogP contribution in [0.5, 0.6) is 17.2 Å². The van der Waals surface area contributed by atoms with Gasteiger partial charge in [0.05, 0.1) is 13.2 Å². The van der Waals surface area contributed by atoms with Crippen LogP contribution in [-0.2, 0) is 0 Å². The summed E-state index contributed by atoms with van der Waals surface area (Å²) in [6.45, 7) is 1.87. The molecular weight excluding hydrogens is 184 g/mol. The lowest BCUT2D eigenvalue weighted by Gasteiger charge is -2.10. The summed E-state index contributed by atoms with van der Waals surface area (Å²) in [5.41, 5.74) is 0.692. The highest BCUT2D eigenvalue weighted by Gasteiger charge is 2.21. The molecule has 1 N–H and O–H groups in total. The number of aliphatic hydroxyl groups excluding tert-OH is 1. The van der Waals surface area contributed by atoms with E-state index >= 15 is 0 Å². The molecule has 0 amide bonds. The third-order valence-corrected chi connectivity index (χ3v) is 2.16. The first kappa shape index (κ1) is 9.15. The molecule has 0 spiro atoms. The van der Waals surface area contributed by atoms with Gasteiger partial charge in [-0.1, -0.05) is 0 Å². The standard InChI is InChI=1S/C10H12O4/c1-6(11)8-3-7(12-2)4-9-10(8)14-5-13-9/h3-4,6,11H,5H2,1-2H3. The normalized spacial score (nSPS) is 15.4. The molecule has 0 fully saturated rings. The minimum atomic E-state index is -0.597. The van der Waals surface area contributed by atoms with Gasteiger partial charge in [-0.2, -0.15) is 0 Å². The molecular formula is C10H12O4. The minimum absolute atomic E-state index is 0.197. The monoisotopic (exact) mass is 196 g/mol. The van der Waals surface area contributed by atoms with Crippen LogP contribution in [0.2, 0.25) is 0 Å². The molecule has 0 aliphatic carbocycles. The van der Waals surface area contributed by atoms with Crippen LogP contribution in [0.3, 0.4) is 0 Å². The van der Waals surface area contributed by atoms with Gasteiger partial charge < -0.3 is 19.3 Å².